The quantitative estimate of drug-likeness (QED) is 0.612. The van der Waals surface area contributed by atoms with Crippen LogP contribution in [-0.2, 0) is 14.6 Å². The highest BCUT2D eigenvalue weighted by Gasteiger charge is 2.24. The zero-order valence-electron chi connectivity index (χ0n) is 16.7. The molecule has 1 saturated carbocycles. The van der Waals surface area contributed by atoms with Gasteiger partial charge >= 0.3 is 5.97 Å². The molecule has 4 rings (SSSR count). The van der Waals surface area contributed by atoms with Crippen molar-refractivity contribution < 1.29 is 23.1 Å². The van der Waals surface area contributed by atoms with E-state index >= 15 is 0 Å². The van der Waals surface area contributed by atoms with Gasteiger partial charge in [0.05, 0.1) is 22.3 Å². The van der Waals surface area contributed by atoms with E-state index in [2.05, 4.69) is 9.97 Å². The van der Waals surface area contributed by atoms with Crippen LogP contribution in [0.4, 0.5) is 0 Å². The van der Waals surface area contributed by atoms with Crippen molar-refractivity contribution in [2.45, 2.75) is 49.2 Å². The summed E-state index contributed by atoms with van der Waals surface area (Å²) in [6.45, 7) is 0. The number of nitrogens with zero attached hydrogens (tertiary/aromatic N) is 1. The smallest absolute Gasteiger partial charge is 0.337 e. The number of aromatic carboxylic acids is 1. The van der Waals surface area contributed by atoms with Crippen molar-refractivity contribution in [3.63, 3.8) is 0 Å². The number of hydrogen-bond donors (Lipinski definition) is 2. The van der Waals surface area contributed by atoms with Gasteiger partial charge in [0.25, 0.3) is 0 Å². The summed E-state index contributed by atoms with van der Waals surface area (Å²) < 4.78 is 30.1. The van der Waals surface area contributed by atoms with Crippen LogP contribution in [0.5, 0.6) is 0 Å². The molecule has 0 amide bonds. The van der Waals surface area contributed by atoms with E-state index in [9.17, 15) is 18.3 Å². The molecule has 2 aromatic heterocycles. The van der Waals surface area contributed by atoms with E-state index in [4.69, 9.17) is 4.74 Å². The van der Waals surface area contributed by atoms with Gasteiger partial charge in [0.15, 0.2) is 9.84 Å². The van der Waals surface area contributed by atoms with Gasteiger partial charge in [0.2, 0.25) is 0 Å². The number of aromatic amines is 1. The predicted octanol–water partition coefficient (Wildman–Crippen LogP) is 4.10. The van der Waals surface area contributed by atoms with Crippen LogP contribution in [0.25, 0.3) is 11.0 Å². The molecular formula is C22H24N2O5S. The van der Waals surface area contributed by atoms with E-state index < -0.39 is 21.9 Å². The van der Waals surface area contributed by atoms with Crippen molar-refractivity contribution >= 4 is 26.8 Å². The molecular weight excluding hydrogens is 404 g/mol. The molecule has 0 spiro atoms. The lowest BCUT2D eigenvalue weighted by Gasteiger charge is -2.27. The Labute approximate surface area is 175 Å². The van der Waals surface area contributed by atoms with Crippen LogP contribution in [0.3, 0.4) is 0 Å². The summed E-state index contributed by atoms with van der Waals surface area (Å²) in [7, 11) is -3.28. The summed E-state index contributed by atoms with van der Waals surface area (Å²) in [6.07, 6.45) is 7.63. The third-order valence-corrected chi connectivity index (χ3v) is 6.64. The molecule has 158 valence electrons. The highest BCUT2D eigenvalue weighted by Crippen LogP contribution is 2.33. The van der Waals surface area contributed by atoms with E-state index in [1.54, 1.807) is 30.3 Å². The number of hydrogen-bond acceptors (Lipinski definition) is 5. The maximum atomic E-state index is 11.8. The van der Waals surface area contributed by atoms with Gasteiger partial charge < -0.3 is 14.8 Å². The van der Waals surface area contributed by atoms with Gasteiger partial charge in [0.1, 0.15) is 11.8 Å². The summed E-state index contributed by atoms with van der Waals surface area (Å²) in [4.78, 5) is 19.0. The number of aromatic nitrogens is 2. The Balaban J connectivity index is 1.72. The lowest BCUT2D eigenvalue weighted by atomic mass is 9.97. The van der Waals surface area contributed by atoms with Crippen molar-refractivity contribution in [1.82, 2.24) is 9.97 Å². The van der Waals surface area contributed by atoms with Crippen LogP contribution >= 0.6 is 0 Å². The fraction of sp³-hybridized carbons (Fsp3) is 0.364. The number of fused-ring (bicyclic) bond motifs is 1. The molecule has 1 aliphatic rings. The second kappa shape index (κ2) is 8.20. The van der Waals surface area contributed by atoms with Crippen LogP contribution in [-0.4, -0.2) is 41.8 Å². The van der Waals surface area contributed by atoms with Gasteiger partial charge in [-0.1, -0.05) is 31.4 Å². The molecule has 7 nitrogen and oxygen atoms in total. The maximum Gasteiger partial charge on any atom is 0.337 e. The second-order valence-electron chi connectivity index (χ2n) is 7.81. The Morgan fingerprint density at radius 2 is 1.87 bits per heavy atom. The lowest BCUT2D eigenvalue weighted by molar-refractivity contribution is -0.0134. The highest BCUT2D eigenvalue weighted by molar-refractivity contribution is 7.90. The fourth-order valence-electron chi connectivity index (χ4n) is 3.91. The summed E-state index contributed by atoms with van der Waals surface area (Å²) in [6, 6.07) is 10.1. The average molecular weight is 429 g/mol. The molecule has 1 aliphatic carbocycles. The number of sulfone groups is 1. The average Bonchev–Trinajstić information content (AvgIpc) is 3.15. The van der Waals surface area contributed by atoms with E-state index in [0.717, 1.165) is 36.9 Å². The Hall–Kier alpha value is -2.71. The Kier molecular flexibility index (Phi) is 5.62. The molecule has 0 saturated heterocycles. The van der Waals surface area contributed by atoms with Gasteiger partial charge in [-0.3, -0.25) is 0 Å². The van der Waals surface area contributed by atoms with Crippen molar-refractivity contribution in [1.29, 1.82) is 0 Å². The molecule has 1 aromatic carbocycles. The molecule has 3 aromatic rings. The lowest BCUT2D eigenvalue weighted by Crippen LogP contribution is -2.20. The molecule has 2 N–H and O–H groups in total. The zero-order chi connectivity index (χ0) is 21.3. The number of carboxylic acid groups (broad SMARTS) is 1. The SMILES string of the molecule is CS(=O)(=O)c1ccc(C(OC2CCCCC2)c2cc3cc(C(=O)O)cnc3[nH]2)cc1. The molecule has 0 radical (unpaired) electrons. The van der Waals surface area contributed by atoms with Crippen LogP contribution in [0.1, 0.15) is 59.8 Å². The van der Waals surface area contributed by atoms with Crippen LogP contribution in [0, 0.1) is 0 Å². The first-order chi connectivity index (χ1) is 14.3. The third kappa shape index (κ3) is 4.39. The summed E-state index contributed by atoms with van der Waals surface area (Å²) >= 11 is 0. The van der Waals surface area contributed by atoms with Crippen molar-refractivity contribution in [3.8, 4) is 0 Å². The minimum Gasteiger partial charge on any atom is -0.478 e. The normalized spacial score (nSPS) is 16.6. The predicted molar refractivity (Wildman–Crippen MR) is 112 cm³/mol. The molecule has 2 heterocycles. The molecule has 0 aliphatic heterocycles. The molecule has 0 bridgehead atoms. The number of nitrogens with one attached hydrogen (secondary N) is 1. The first-order valence-corrected chi connectivity index (χ1v) is 11.9. The highest BCUT2D eigenvalue weighted by atomic mass is 32.2. The Morgan fingerprint density at radius 3 is 2.50 bits per heavy atom. The van der Waals surface area contributed by atoms with E-state index in [-0.39, 0.29) is 16.6 Å². The second-order valence-corrected chi connectivity index (χ2v) is 9.82. The van der Waals surface area contributed by atoms with Crippen molar-refractivity contribution in [3.05, 3.63) is 59.4 Å². The number of benzene rings is 1. The Bertz CT molecular complexity index is 1160. The molecule has 1 atom stereocenters. The molecule has 8 heteroatoms. The third-order valence-electron chi connectivity index (χ3n) is 5.51. The summed E-state index contributed by atoms with van der Waals surface area (Å²) in [5, 5.41) is 9.91. The molecule has 1 fully saturated rings. The number of H-pyrrole nitrogens is 1. The minimum absolute atomic E-state index is 0.118. The first kappa shape index (κ1) is 20.6. The van der Waals surface area contributed by atoms with E-state index in [1.165, 1.54) is 18.9 Å². The van der Waals surface area contributed by atoms with Gasteiger partial charge in [-0.05, 0) is 42.7 Å². The number of carboxylic acids is 1. The monoisotopic (exact) mass is 428 g/mol. The topological polar surface area (TPSA) is 109 Å². The number of carbonyl (C=O) groups is 1. The van der Waals surface area contributed by atoms with Gasteiger partial charge in [-0.25, -0.2) is 18.2 Å². The number of ether oxygens (including phenoxy) is 1. The summed E-state index contributed by atoms with van der Waals surface area (Å²) in [5.41, 5.74) is 2.30. The fourth-order valence-corrected chi connectivity index (χ4v) is 4.54. The largest absolute Gasteiger partial charge is 0.478 e. The van der Waals surface area contributed by atoms with Crippen molar-refractivity contribution in [2.75, 3.05) is 6.26 Å². The maximum absolute atomic E-state index is 11.8. The summed E-state index contributed by atoms with van der Waals surface area (Å²) in [5.74, 6) is -1.03. The first-order valence-electron chi connectivity index (χ1n) is 9.99. The number of rotatable bonds is 6. The van der Waals surface area contributed by atoms with E-state index in [1.807, 2.05) is 6.07 Å². The van der Waals surface area contributed by atoms with Crippen LogP contribution in [0.15, 0.2) is 47.5 Å². The van der Waals surface area contributed by atoms with Gasteiger partial charge in [-0.2, -0.15) is 0 Å². The van der Waals surface area contributed by atoms with Gasteiger partial charge in [-0.15, -0.1) is 0 Å². The van der Waals surface area contributed by atoms with Gasteiger partial charge in [0, 0.05) is 17.8 Å². The van der Waals surface area contributed by atoms with Crippen LogP contribution in [0.2, 0.25) is 0 Å². The standard InChI is InChI=1S/C22H24N2O5S/c1-30(27,28)18-9-7-14(8-10-18)20(29-17-5-3-2-4-6-17)19-12-15-11-16(22(25)26)13-23-21(15)24-19/h7-13,17,20H,2-6H2,1H3,(H,23,24)(H,25,26). The zero-order valence-corrected chi connectivity index (χ0v) is 17.5. The Morgan fingerprint density at radius 1 is 1.17 bits per heavy atom. The minimum atomic E-state index is -3.28. The number of pyridine rings is 1. The molecule has 1 unspecified atom stereocenters. The van der Waals surface area contributed by atoms with E-state index in [0.29, 0.717) is 11.0 Å². The molecule has 30 heavy (non-hydrogen) atoms. The van der Waals surface area contributed by atoms with Crippen molar-refractivity contribution in [2.24, 2.45) is 0 Å². The van der Waals surface area contributed by atoms with Crippen LogP contribution < -0.4 is 0 Å².